The fourth-order valence-electron chi connectivity index (χ4n) is 2.43. The monoisotopic (exact) mass is 276 g/mol. The van der Waals surface area contributed by atoms with Crippen LogP contribution in [0.4, 0.5) is 0 Å². The number of nitrogens with one attached hydrogen (secondary N) is 1. The van der Waals surface area contributed by atoms with Crippen LogP contribution in [0.2, 0.25) is 0 Å². The highest BCUT2D eigenvalue weighted by molar-refractivity contribution is 5.81. The third-order valence-corrected chi connectivity index (χ3v) is 3.89. The lowest BCUT2D eigenvalue weighted by Gasteiger charge is -2.35. The number of rotatable bonds is 4. The van der Waals surface area contributed by atoms with Gasteiger partial charge in [-0.25, -0.2) is 0 Å². The Labute approximate surface area is 121 Å². The van der Waals surface area contributed by atoms with E-state index in [1.807, 2.05) is 26.0 Å². The molecule has 0 bridgehead atoms. The quantitative estimate of drug-likeness (QED) is 0.877. The number of aryl methyl sites for hydroxylation is 1. The van der Waals surface area contributed by atoms with E-state index < -0.39 is 0 Å². The molecule has 0 unspecified atom stereocenters. The van der Waals surface area contributed by atoms with E-state index in [1.165, 1.54) is 0 Å². The summed E-state index contributed by atoms with van der Waals surface area (Å²) >= 11 is 0. The second-order valence-corrected chi connectivity index (χ2v) is 5.54. The number of hydrogen-bond donors (Lipinski definition) is 1. The van der Waals surface area contributed by atoms with E-state index in [2.05, 4.69) is 27.1 Å². The molecule has 1 aliphatic heterocycles. The van der Waals surface area contributed by atoms with Crippen LogP contribution in [0.1, 0.15) is 18.2 Å². The van der Waals surface area contributed by atoms with Gasteiger partial charge in [-0.3, -0.25) is 14.7 Å². The van der Waals surface area contributed by atoms with Crippen molar-refractivity contribution in [3.63, 3.8) is 0 Å². The van der Waals surface area contributed by atoms with Crippen LogP contribution in [-0.2, 0) is 11.3 Å². The topological polar surface area (TPSA) is 48.5 Å². The van der Waals surface area contributed by atoms with Gasteiger partial charge in [0.25, 0.3) is 0 Å². The number of piperazine rings is 1. The van der Waals surface area contributed by atoms with Crippen molar-refractivity contribution in [2.75, 3.05) is 33.2 Å². The second-order valence-electron chi connectivity index (χ2n) is 5.54. The van der Waals surface area contributed by atoms with Crippen molar-refractivity contribution in [1.82, 2.24) is 20.1 Å². The van der Waals surface area contributed by atoms with Crippen LogP contribution in [0.5, 0.6) is 0 Å². The van der Waals surface area contributed by atoms with Gasteiger partial charge in [0.1, 0.15) is 0 Å². The Balaban J connectivity index is 1.82. The van der Waals surface area contributed by atoms with E-state index in [0.29, 0.717) is 6.54 Å². The Morgan fingerprint density at radius 2 is 2.10 bits per heavy atom. The van der Waals surface area contributed by atoms with Crippen molar-refractivity contribution in [1.29, 1.82) is 0 Å². The highest BCUT2D eigenvalue weighted by Crippen LogP contribution is 2.06. The standard InChI is InChI=1S/C15H24N4O/c1-12-10-14(4-5-16-12)11-17-15(20)13(2)19-8-6-18(3)7-9-19/h4-5,10,13H,6-9,11H2,1-3H3,(H,17,20)/t13-/m1/s1. The Morgan fingerprint density at radius 3 is 2.75 bits per heavy atom. The summed E-state index contributed by atoms with van der Waals surface area (Å²) in [6.07, 6.45) is 1.78. The molecule has 20 heavy (non-hydrogen) atoms. The van der Waals surface area contributed by atoms with Crippen molar-refractivity contribution in [2.24, 2.45) is 0 Å². The van der Waals surface area contributed by atoms with Crippen molar-refractivity contribution in [3.05, 3.63) is 29.6 Å². The van der Waals surface area contributed by atoms with Gasteiger partial charge in [0.05, 0.1) is 6.04 Å². The number of hydrogen-bond acceptors (Lipinski definition) is 4. The summed E-state index contributed by atoms with van der Waals surface area (Å²) in [6, 6.07) is 3.88. The van der Waals surface area contributed by atoms with Crippen LogP contribution in [0, 0.1) is 6.92 Å². The van der Waals surface area contributed by atoms with Gasteiger partial charge in [-0.1, -0.05) is 0 Å². The third-order valence-electron chi connectivity index (χ3n) is 3.89. The first-order valence-electron chi connectivity index (χ1n) is 7.18. The molecule has 1 aliphatic rings. The molecule has 1 atom stereocenters. The Kier molecular flexibility index (Phi) is 5.09. The van der Waals surface area contributed by atoms with E-state index in [4.69, 9.17) is 0 Å². The summed E-state index contributed by atoms with van der Waals surface area (Å²) in [5, 5.41) is 3.01. The first-order chi connectivity index (χ1) is 9.56. The van der Waals surface area contributed by atoms with Crippen LogP contribution >= 0.6 is 0 Å². The molecule has 1 saturated heterocycles. The molecule has 1 aromatic rings. The van der Waals surface area contributed by atoms with Crippen LogP contribution < -0.4 is 5.32 Å². The van der Waals surface area contributed by atoms with Gasteiger partial charge in [0.15, 0.2) is 0 Å². The molecule has 0 radical (unpaired) electrons. The predicted octanol–water partition coefficient (Wildman–Crippen LogP) is 0.642. The molecule has 5 nitrogen and oxygen atoms in total. The van der Waals surface area contributed by atoms with Crippen LogP contribution in [0.25, 0.3) is 0 Å². The van der Waals surface area contributed by atoms with Gasteiger partial charge >= 0.3 is 0 Å². The fraction of sp³-hybridized carbons (Fsp3) is 0.600. The lowest BCUT2D eigenvalue weighted by Crippen LogP contribution is -2.52. The summed E-state index contributed by atoms with van der Waals surface area (Å²) in [5.74, 6) is 0.101. The summed E-state index contributed by atoms with van der Waals surface area (Å²) < 4.78 is 0. The molecule has 1 N–H and O–H groups in total. The SMILES string of the molecule is Cc1cc(CNC(=O)[C@@H](C)N2CCN(C)CC2)ccn1. The highest BCUT2D eigenvalue weighted by Gasteiger charge is 2.23. The first kappa shape index (κ1) is 14.9. The number of nitrogens with zero attached hydrogens (tertiary/aromatic N) is 3. The lowest BCUT2D eigenvalue weighted by atomic mass is 10.2. The summed E-state index contributed by atoms with van der Waals surface area (Å²) in [6.45, 7) is 8.48. The first-order valence-corrected chi connectivity index (χ1v) is 7.18. The third kappa shape index (κ3) is 4.02. The van der Waals surface area contributed by atoms with Gasteiger partial charge < -0.3 is 10.2 Å². The molecular formula is C15H24N4O. The van der Waals surface area contributed by atoms with Crippen LogP contribution in [0.15, 0.2) is 18.3 Å². The molecular weight excluding hydrogens is 252 g/mol. The predicted molar refractivity (Wildman–Crippen MR) is 79.4 cm³/mol. The largest absolute Gasteiger partial charge is 0.351 e. The zero-order valence-corrected chi connectivity index (χ0v) is 12.6. The molecule has 0 spiro atoms. The molecule has 1 fully saturated rings. The smallest absolute Gasteiger partial charge is 0.237 e. The van der Waals surface area contributed by atoms with E-state index >= 15 is 0 Å². The molecule has 1 amide bonds. The summed E-state index contributed by atoms with van der Waals surface area (Å²) in [7, 11) is 2.12. The van der Waals surface area contributed by atoms with Gasteiger partial charge in [-0.15, -0.1) is 0 Å². The average Bonchev–Trinajstić information content (AvgIpc) is 2.45. The van der Waals surface area contributed by atoms with E-state index in [0.717, 1.165) is 37.4 Å². The van der Waals surface area contributed by atoms with E-state index in [-0.39, 0.29) is 11.9 Å². The van der Waals surface area contributed by atoms with Crippen molar-refractivity contribution < 1.29 is 4.79 Å². The molecule has 0 saturated carbocycles. The number of likely N-dealkylation sites (N-methyl/N-ethyl adjacent to an activating group) is 1. The van der Waals surface area contributed by atoms with E-state index in [1.54, 1.807) is 6.20 Å². The summed E-state index contributed by atoms with van der Waals surface area (Å²) in [4.78, 5) is 20.9. The minimum Gasteiger partial charge on any atom is -0.351 e. The average molecular weight is 276 g/mol. The van der Waals surface area contributed by atoms with Gasteiger partial charge in [-0.05, 0) is 38.6 Å². The zero-order valence-electron chi connectivity index (χ0n) is 12.6. The molecule has 1 aromatic heterocycles. The summed E-state index contributed by atoms with van der Waals surface area (Å²) in [5.41, 5.74) is 2.07. The highest BCUT2D eigenvalue weighted by atomic mass is 16.2. The van der Waals surface area contributed by atoms with Crippen molar-refractivity contribution in [3.8, 4) is 0 Å². The minimum atomic E-state index is -0.0633. The number of carbonyl (C=O) groups excluding carboxylic acids is 1. The Bertz CT molecular complexity index is 455. The van der Waals surface area contributed by atoms with E-state index in [9.17, 15) is 4.79 Å². The van der Waals surface area contributed by atoms with Crippen molar-refractivity contribution in [2.45, 2.75) is 26.4 Å². The fourth-order valence-corrected chi connectivity index (χ4v) is 2.43. The number of amides is 1. The van der Waals surface area contributed by atoms with Gasteiger partial charge in [-0.2, -0.15) is 0 Å². The molecule has 5 heteroatoms. The molecule has 110 valence electrons. The molecule has 2 rings (SSSR count). The maximum Gasteiger partial charge on any atom is 0.237 e. The van der Waals surface area contributed by atoms with Gasteiger partial charge in [0.2, 0.25) is 5.91 Å². The minimum absolute atomic E-state index is 0.0633. The second kappa shape index (κ2) is 6.81. The lowest BCUT2D eigenvalue weighted by molar-refractivity contribution is -0.126. The number of pyridine rings is 1. The van der Waals surface area contributed by atoms with Crippen LogP contribution in [0.3, 0.4) is 0 Å². The maximum absolute atomic E-state index is 12.2. The molecule has 0 aromatic carbocycles. The van der Waals surface area contributed by atoms with Crippen molar-refractivity contribution >= 4 is 5.91 Å². The van der Waals surface area contributed by atoms with Crippen LogP contribution in [-0.4, -0.2) is 60.0 Å². The normalized spacial score (nSPS) is 18.8. The zero-order chi connectivity index (χ0) is 14.5. The van der Waals surface area contributed by atoms with Gasteiger partial charge in [0, 0.05) is 44.6 Å². The molecule has 2 heterocycles. The Morgan fingerprint density at radius 1 is 1.40 bits per heavy atom. The Hall–Kier alpha value is -1.46. The molecule has 0 aliphatic carbocycles. The number of carbonyl (C=O) groups is 1. The maximum atomic E-state index is 12.2. The number of aromatic nitrogens is 1.